The van der Waals surface area contributed by atoms with Gasteiger partial charge in [0.2, 0.25) is 5.91 Å². The normalized spacial score (nSPS) is 13.9. The average Bonchev–Trinajstić information content (AvgIpc) is 2.98. The summed E-state index contributed by atoms with van der Waals surface area (Å²) in [4.78, 5) is 33.4. The number of carbonyl (C=O) groups excluding carboxylic acids is 2. The van der Waals surface area contributed by atoms with Gasteiger partial charge in [0, 0.05) is 19.4 Å². The molecule has 0 fully saturated rings. The van der Waals surface area contributed by atoms with Gasteiger partial charge in [-0.05, 0) is 44.9 Å². The molecule has 0 aliphatic carbocycles. The smallest absolute Gasteiger partial charge is 0.463 e. The molecule has 0 bridgehead atoms. The largest absolute Gasteiger partial charge is 0.472 e. The number of allylic oxidation sites excluding steroid dienone is 4. The SMILES string of the molecule is CCCCC/C=C\C/C=C\CCCCCCCCCC(=O)NCCOP(=O)(O)OCC(O)COC(=O)CCCCCCC. The van der Waals surface area contributed by atoms with Crippen molar-refractivity contribution in [2.75, 3.05) is 26.4 Å². The first-order valence-electron chi connectivity index (χ1n) is 16.8. The third kappa shape index (κ3) is 31.7. The van der Waals surface area contributed by atoms with Crippen LogP contribution in [0.1, 0.15) is 142 Å². The minimum Gasteiger partial charge on any atom is -0.463 e. The lowest BCUT2D eigenvalue weighted by Crippen LogP contribution is -2.27. The minimum absolute atomic E-state index is 0.0782. The number of esters is 1. The number of unbranched alkanes of at least 4 members (excludes halogenated alkanes) is 14. The lowest BCUT2D eigenvalue weighted by atomic mass is 10.1. The third-order valence-corrected chi connectivity index (χ3v) is 7.87. The van der Waals surface area contributed by atoms with Gasteiger partial charge in [-0.25, -0.2) is 4.57 Å². The summed E-state index contributed by atoms with van der Waals surface area (Å²) in [7, 11) is -4.40. The molecule has 0 rings (SSSR count). The van der Waals surface area contributed by atoms with E-state index in [1.165, 1.54) is 51.4 Å². The molecule has 9 nitrogen and oxygen atoms in total. The summed E-state index contributed by atoms with van der Waals surface area (Å²) in [6.07, 6.45) is 28.6. The molecular weight excluding hydrogens is 569 g/mol. The highest BCUT2D eigenvalue weighted by Gasteiger charge is 2.23. The molecule has 0 aromatic rings. The first kappa shape index (κ1) is 41.5. The number of ether oxygens (including phenoxy) is 1. The number of carbonyl (C=O) groups is 2. The van der Waals surface area contributed by atoms with Crippen LogP contribution in [-0.2, 0) is 27.9 Å². The molecule has 1 amide bonds. The highest BCUT2D eigenvalue weighted by molar-refractivity contribution is 7.47. The number of hydrogen-bond donors (Lipinski definition) is 3. The molecule has 2 unspecified atom stereocenters. The molecule has 0 heterocycles. The quantitative estimate of drug-likeness (QED) is 0.0303. The van der Waals surface area contributed by atoms with Crippen molar-refractivity contribution in [2.24, 2.45) is 0 Å². The maximum Gasteiger partial charge on any atom is 0.472 e. The highest BCUT2D eigenvalue weighted by atomic mass is 31.2. The Bertz CT molecular complexity index is 774. The maximum atomic E-state index is 12.0. The van der Waals surface area contributed by atoms with Crippen molar-refractivity contribution in [3.63, 3.8) is 0 Å². The van der Waals surface area contributed by atoms with Crippen LogP contribution in [0.5, 0.6) is 0 Å². The summed E-state index contributed by atoms with van der Waals surface area (Å²) in [6.45, 7) is 3.39. The molecule has 2 atom stereocenters. The Kier molecular flexibility index (Phi) is 29.4. The van der Waals surface area contributed by atoms with Gasteiger partial charge in [-0.3, -0.25) is 18.6 Å². The standard InChI is InChI=1S/C33H62NO8P/c1-3-5-7-9-10-11-12-13-14-15-16-17-18-19-20-22-23-25-32(36)34-27-28-41-43(38,39)42-30-31(35)29-40-33(37)26-24-21-8-6-4-2/h10-11,13-14,31,35H,3-9,12,15-30H2,1-2H3,(H,34,36)(H,38,39)/b11-10-,14-13-. The molecule has 0 saturated carbocycles. The zero-order chi connectivity index (χ0) is 31.9. The third-order valence-electron chi connectivity index (χ3n) is 6.88. The van der Waals surface area contributed by atoms with Gasteiger partial charge in [-0.15, -0.1) is 0 Å². The van der Waals surface area contributed by atoms with Crippen molar-refractivity contribution >= 4 is 19.7 Å². The van der Waals surface area contributed by atoms with Gasteiger partial charge in [0.05, 0.1) is 13.2 Å². The number of aliphatic hydroxyl groups is 1. The number of aliphatic hydroxyl groups excluding tert-OH is 1. The average molecular weight is 632 g/mol. The predicted molar refractivity (Wildman–Crippen MR) is 174 cm³/mol. The van der Waals surface area contributed by atoms with E-state index in [-0.39, 0.29) is 32.1 Å². The molecule has 0 spiro atoms. The van der Waals surface area contributed by atoms with Crippen molar-refractivity contribution in [1.82, 2.24) is 5.32 Å². The molecule has 3 N–H and O–H groups in total. The zero-order valence-electron chi connectivity index (χ0n) is 27.1. The van der Waals surface area contributed by atoms with Crippen LogP contribution in [0.15, 0.2) is 24.3 Å². The van der Waals surface area contributed by atoms with E-state index in [9.17, 15) is 24.2 Å². The summed E-state index contributed by atoms with van der Waals surface area (Å²) in [5.74, 6) is -0.539. The lowest BCUT2D eigenvalue weighted by Gasteiger charge is -2.15. The Balaban J connectivity index is 3.62. The van der Waals surface area contributed by atoms with Gasteiger partial charge in [-0.2, -0.15) is 0 Å². The predicted octanol–water partition coefficient (Wildman–Crippen LogP) is 8.09. The first-order chi connectivity index (χ1) is 20.8. The molecule has 0 aromatic heterocycles. The molecule has 0 saturated heterocycles. The summed E-state index contributed by atoms with van der Waals surface area (Å²) >= 11 is 0. The van der Waals surface area contributed by atoms with Gasteiger partial charge in [0.15, 0.2) is 0 Å². The number of rotatable bonds is 31. The number of amides is 1. The van der Waals surface area contributed by atoms with Crippen molar-refractivity contribution in [2.45, 2.75) is 148 Å². The van der Waals surface area contributed by atoms with Gasteiger partial charge >= 0.3 is 13.8 Å². The van der Waals surface area contributed by atoms with Crippen LogP contribution in [0, 0.1) is 0 Å². The summed E-state index contributed by atoms with van der Waals surface area (Å²) in [5, 5.41) is 12.5. The Morgan fingerprint density at radius 2 is 1.26 bits per heavy atom. The van der Waals surface area contributed by atoms with Gasteiger partial charge in [0.25, 0.3) is 0 Å². The first-order valence-corrected chi connectivity index (χ1v) is 18.3. The number of hydrogen-bond acceptors (Lipinski definition) is 7. The van der Waals surface area contributed by atoms with Crippen LogP contribution >= 0.6 is 7.82 Å². The van der Waals surface area contributed by atoms with Crippen molar-refractivity contribution in [1.29, 1.82) is 0 Å². The zero-order valence-corrected chi connectivity index (χ0v) is 28.0. The van der Waals surface area contributed by atoms with E-state index in [1.54, 1.807) is 0 Å². The van der Waals surface area contributed by atoms with Crippen molar-refractivity contribution in [3.05, 3.63) is 24.3 Å². The fraction of sp³-hybridized carbons (Fsp3) is 0.818. The second-order valence-corrected chi connectivity index (χ2v) is 12.6. The van der Waals surface area contributed by atoms with E-state index >= 15 is 0 Å². The second kappa shape index (κ2) is 30.5. The van der Waals surface area contributed by atoms with Gasteiger partial charge in [-0.1, -0.05) is 109 Å². The summed E-state index contributed by atoms with van der Waals surface area (Å²) in [5.41, 5.74) is 0. The molecule has 0 aliphatic heterocycles. The van der Waals surface area contributed by atoms with Gasteiger partial charge < -0.3 is 20.1 Å². The topological polar surface area (TPSA) is 131 Å². The monoisotopic (exact) mass is 631 g/mol. The van der Waals surface area contributed by atoms with E-state index in [0.717, 1.165) is 64.2 Å². The molecule has 0 aromatic carbocycles. The second-order valence-electron chi connectivity index (χ2n) is 11.1. The summed E-state index contributed by atoms with van der Waals surface area (Å²) < 4.78 is 26.5. The molecule has 43 heavy (non-hydrogen) atoms. The molecular formula is C33H62NO8P. The molecule has 10 heteroatoms. The Morgan fingerprint density at radius 3 is 1.91 bits per heavy atom. The van der Waals surface area contributed by atoms with E-state index < -0.39 is 26.5 Å². The molecule has 0 aliphatic rings. The highest BCUT2D eigenvalue weighted by Crippen LogP contribution is 2.42. The van der Waals surface area contributed by atoms with Crippen LogP contribution < -0.4 is 5.32 Å². The van der Waals surface area contributed by atoms with Crippen LogP contribution in [0.2, 0.25) is 0 Å². The Hall–Kier alpha value is -1.51. The van der Waals surface area contributed by atoms with E-state index in [0.29, 0.717) is 6.42 Å². The number of phosphoric ester groups is 1. The number of nitrogens with one attached hydrogen (secondary N) is 1. The van der Waals surface area contributed by atoms with Crippen LogP contribution in [0.25, 0.3) is 0 Å². The molecule has 252 valence electrons. The molecule has 0 radical (unpaired) electrons. The fourth-order valence-corrected chi connectivity index (χ4v) is 5.05. The minimum atomic E-state index is -4.40. The summed E-state index contributed by atoms with van der Waals surface area (Å²) in [6, 6.07) is 0. The van der Waals surface area contributed by atoms with Crippen LogP contribution in [-0.4, -0.2) is 54.3 Å². The number of phosphoric acid groups is 1. The van der Waals surface area contributed by atoms with Crippen molar-refractivity contribution < 1.29 is 37.9 Å². The van der Waals surface area contributed by atoms with Gasteiger partial charge in [0.1, 0.15) is 12.7 Å². The van der Waals surface area contributed by atoms with Crippen LogP contribution in [0.4, 0.5) is 0 Å². The lowest BCUT2D eigenvalue weighted by molar-refractivity contribution is -0.147. The van der Waals surface area contributed by atoms with Crippen molar-refractivity contribution in [3.8, 4) is 0 Å². The Morgan fingerprint density at radius 1 is 0.721 bits per heavy atom. The van der Waals surface area contributed by atoms with E-state index in [2.05, 4.69) is 43.5 Å². The van der Waals surface area contributed by atoms with E-state index in [1.807, 2.05) is 0 Å². The van der Waals surface area contributed by atoms with Crippen LogP contribution in [0.3, 0.4) is 0 Å². The maximum absolute atomic E-state index is 12.0. The Labute approximate surface area is 261 Å². The van der Waals surface area contributed by atoms with E-state index in [4.69, 9.17) is 13.8 Å². The fourth-order valence-electron chi connectivity index (χ4n) is 4.29.